The van der Waals surface area contributed by atoms with Crippen LogP contribution in [0.25, 0.3) is 0 Å². The van der Waals surface area contributed by atoms with Crippen molar-refractivity contribution in [1.82, 2.24) is 10.2 Å². The molecule has 1 aliphatic rings. The van der Waals surface area contributed by atoms with Gasteiger partial charge in [0.2, 0.25) is 0 Å². The highest BCUT2D eigenvalue weighted by Crippen LogP contribution is 2.17. The second-order valence-electron chi connectivity index (χ2n) is 5.05. The van der Waals surface area contributed by atoms with E-state index < -0.39 is 0 Å². The highest BCUT2D eigenvalue weighted by molar-refractivity contribution is 5.24. The van der Waals surface area contributed by atoms with Gasteiger partial charge in [-0.25, -0.2) is 0 Å². The Morgan fingerprint density at radius 3 is 2.88 bits per heavy atom. The summed E-state index contributed by atoms with van der Waals surface area (Å²) in [4.78, 5) is 2.39. The lowest BCUT2D eigenvalue weighted by molar-refractivity contribution is 0.387. The Morgan fingerprint density at radius 2 is 2.25 bits per heavy atom. The molecule has 88 valence electrons. The standard InChI is InChI=1S/C14H22N2/c1-11-5-4-6-13(9-11)12(2)15-14-7-8-16(3)10-14/h4-6,9,12,14-15H,7-8,10H2,1-3H3/t12-,14?/m0/s1. The molecule has 16 heavy (non-hydrogen) atoms. The van der Waals surface area contributed by atoms with Crippen LogP contribution in [-0.2, 0) is 0 Å². The molecule has 0 bridgehead atoms. The van der Waals surface area contributed by atoms with E-state index in [1.54, 1.807) is 0 Å². The smallest absolute Gasteiger partial charge is 0.0294 e. The number of hydrogen-bond acceptors (Lipinski definition) is 2. The molecule has 1 aliphatic heterocycles. The van der Waals surface area contributed by atoms with Gasteiger partial charge in [-0.3, -0.25) is 0 Å². The summed E-state index contributed by atoms with van der Waals surface area (Å²) < 4.78 is 0. The first-order chi connectivity index (χ1) is 7.65. The first-order valence-electron chi connectivity index (χ1n) is 6.16. The second kappa shape index (κ2) is 4.98. The number of hydrogen-bond donors (Lipinski definition) is 1. The summed E-state index contributed by atoms with van der Waals surface area (Å²) in [7, 11) is 2.19. The quantitative estimate of drug-likeness (QED) is 0.838. The average molecular weight is 218 g/mol. The fourth-order valence-electron chi connectivity index (χ4n) is 2.46. The topological polar surface area (TPSA) is 15.3 Å². The van der Waals surface area contributed by atoms with Crippen LogP contribution in [0.5, 0.6) is 0 Å². The molecule has 0 amide bonds. The largest absolute Gasteiger partial charge is 0.306 e. The summed E-state index contributed by atoms with van der Waals surface area (Å²) in [5.74, 6) is 0. The molecule has 1 unspecified atom stereocenters. The maximum Gasteiger partial charge on any atom is 0.0294 e. The molecular weight excluding hydrogens is 196 g/mol. The SMILES string of the molecule is Cc1cccc([C@H](C)NC2CCN(C)C2)c1. The number of nitrogens with zero attached hydrogens (tertiary/aromatic N) is 1. The Bertz CT molecular complexity index is 348. The molecule has 0 spiro atoms. The van der Waals surface area contributed by atoms with E-state index in [2.05, 4.69) is 55.4 Å². The third-order valence-electron chi connectivity index (χ3n) is 3.42. The molecule has 0 radical (unpaired) electrons. The van der Waals surface area contributed by atoms with Crippen molar-refractivity contribution < 1.29 is 0 Å². The van der Waals surface area contributed by atoms with Gasteiger partial charge in [-0.1, -0.05) is 29.8 Å². The first kappa shape index (κ1) is 11.6. The van der Waals surface area contributed by atoms with E-state index in [1.807, 2.05) is 0 Å². The predicted molar refractivity (Wildman–Crippen MR) is 68.6 cm³/mol. The molecule has 0 aliphatic carbocycles. The molecule has 0 aromatic heterocycles. The van der Waals surface area contributed by atoms with Crippen LogP contribution in [0.15, 0.2) is 24.3 Å². The van der Waals surface area contributed by atoms with Crippen LogP contribution in [0.2, 0.25) is 0 Å². The summed E-state index contributed by atoms with van der Waals surface area (Å²) in [6, 6.07) is 9.89. The molecule has 1 saturated heterocycles. The molecule has 0 saturated carbocycles. The number of likely N-dealkylation sites (tertiary alicyclic amines) is 1. The number of benzene rings is 1. The van der Waals surface area contributed by atoms with Crippen molar-refractivity contribution in [2.24, 2.45) is 0 Å². The van der Waals surface area contributed by atoms with Crippen LogP contribution in [0.4, 0.5) is 0 Å². The minimum Gasteiger partial charge on any atom is -0.306 e. The van der Waals surface area contributed by atoms with Gasteiger partial charge in [-0.2, -0.15) is 0 Å². The summed E-state index contributed by atoms with van der Waals surface area (Å²) in [5.41, 5.74) is 2.74. The highest BCUT2D eigenvalue weighted by Gasteiger charge is 2.20. The predicted octanol–water partition coefficient (Wildman–Crippen LogP) is 2.35. The van der Waals surface area contributed by atoms with Crippen LogP contribution in [0, 0.1) is 6.92 Å². The number of likely N-dealkylation sites (N-methyl/N-ethyl adjacent to an activating group) is 1. The number of nitrogens with one attached hydrogen (secondary N) is 1. The van der Waals surface area contributed by atoms with Crippen molar-refractivity contribution in [3.05, 3.63) is 35.4 Å². The molecule has 2 rings (SSSR count). The maximum absolute atomic E-state index is 3.71. The van der Waals surface area contributed by atoms with Gasteiger partial charge in [-0.05, 0) is 39.4 Å². The lowest BCUT2D eigenvalue weighted by Gasteiger charge is -2.20. The van der Waals surface area contributed by atoms with E-state index in [0.29, 0.717) is 12.1 Å². The normalized spacial score (nSPS) is 23.6. The first-order valence-corrected chi connectivity index (χ1v) is 6.16. The van der Waals surface area contributed by atoms with Crippen LogP contribution < -0.4 is 5.32 Å². The van der Waals surface area contributed by atoms with E-state index in [4.69, 9.17) is 0 Å². The van der Waals surface area contributed by atoms with Crippen LogP contribution in [0.1, 0.15) is 30.5 Å². The van der Waals surface area contributed by atoms with E-state index in [1.165, 1.54) is 30.6 Å². The maximum atomic E-state index is 3.71. The van der Waals surface area contributed by atoms with Gasteiger partial charge in [0.25, 0.3) is 0 Å². The lowest BCUT2D eigenvalue weighted by atomic mass is 10.0. The molecule has 2 atom stereocenters. The van der Waals surface area contributed by atoms with Gasteiger partial charge in [0, 0.05) is 18.6 Å². The van der Waals surface area contributed by atoms with Crippen molar-refractivity contribution in [1.29, 1.82) is 0 Å². The van der Waals surface area contributed by atoms with Crippen LogP contribution in [-0.4, -0.2) is 31.1 Å². The fraction of sp³-hybridized carbons (Fsp3) is 0.571. The van der Waals surface area contributed by atoms with Gasteiger partial charge in [0.1, 0.15) is 0 Å². The molecule has 1 aromatic rings. The molecular formula is C14H22N2. The van der Waals surface area contributed by atoms with Crippen molar-refractivity contribution in [3.63, 3.8) is 0 Å². The fourth-order valence-corrected chi connectivity index (χ4v) is 2.46. The van der Waals surface area contributed by atoms with Crippen molar-refractivity contribution in [3.8, 4) is 0 Å². The average Bonchev–Trinajstić information content (AvgIpc) is 2.64. The Hall–Kier alpha value is -0.860. The zero-order chi connectivity index (χ0) is 11.5. The minimum absolute atomic E-state index is 0.455. The third kappa shape index (κ3) is 2.83. The van der Waals surface area contributed by atoms with Gasteiger partial charge in [-0.15, -0.1) is 0 Å². The summed E-state index contributed by atoms with van der Waals surface area (Å²) in [5, 5.41) is 3.71. The van der Waals surface area contributed by atoms with E-state index in [0.717, 1.165) is 0 Å². The summed E-state index contributed by atoms with van der Waals surface area (Å²) >= 11 is 0. The molecule has 1 heterocycles. The zero-order valence-corrected chi connectivity index (χ0v) is 10.5. The van der Waals surface area contributed by atoms with Crippen molar-refractivity contribution in [2.45, 2.75) is 32.4 Å². The highest BCUT2D eigenvalue weighted by atomic mass is 15.2. The second-order valence-corrected chi connectivity index (χ2v) is 5.05. The minimum atomic E-state index is 0.455. The van der Waals surface area contributed by atoms with E-state index in [9.17, 15) is 0 Å². The zero-order valence-electron chi connectivity index (χ0n) is 10.5. The summed E-state index contributed by atoms with van der Waals surface area (Å²) in [6.45, 7) is 6.81. The third-order valence-corrected chi connectivity index (χ3v) is 3.42. The van der Waals surface area contributed by atoms with Gasteiger partial charge in [0.15, 0.2) is 0 Å². The Morgan fingerprint density at radius 1 is 1.44 bits per heavy atom. The molecule has 1 aromatic carbocycles. The molecule has 2 nitrogen and oxygen atoms in total. The molecule has 2 heteroatoms. The Kier molecular flexibility index (Phi) is 3.62. The van der Waals surface area contributed by atoms with Gasteiger partial charge in [0.05, 0.1) is 0 Å². The van der Waals surface area contributed by atoms with Crippen molar-refractivity contribution in [2.75, 3.05) is 20.1 Å². The van der Waals surface area contributed by atoms with Crippen molar-refractivity contribution >= 4 is 0 Å². The van der Waals surface area contributed by atoms with Gasteiger partial charge >= 0.3 is 0 Å². The van der Waals surface area contributed by atoms with Crippen LogP contribution >= 0.6 is 0 Å². The number of aryl methyl sites for hydroxylation is 1. The van der Waals surface area contributed by atoms with E-state index in [-0.39, 0.29) is 0 Å². The summed E-state index contributed by atoms with van der Waals surface area (Å²) in [6.07, 6.45) is 1.27. The Labute approximate surface area is 98.7 Å². The van der Waals surface area contributed by atoms with E-state index >= 15 is 0 Å². The monoisotopic (exact) mass is 218 g/mol. The lowest BCUT2D eigenvalue weighted by Crippen LogP contribution is -2.33. The van der Waals surface area contributed by atoms with Gasteiger partial charge < -0.3 is 10.2 Å². The number of rotatable bonds is 3. The molecule has 1 N–H and O–H groups in total. The van der Waals surface area contributed by atoms with Crippen LogP contribution in [0.3, 0.4) is 0 Å². The Balaban J connectivity index is 1.95. The molecule has 1 fully saturated rings.